The van der Waals surface area contributed by atoms with Gasteiger partial charge >= 0.3 is 0 Å². The number of nitrogens with one attached hydrogen (secondary N) is 1. The Balaban J connectivity index is 1.48. The highest BCUT2D eigenvalue weighted by atomic mass is 32.2. The Morgan fingerprint density at radius 1 is 1.07 bits per heavy atom. The number of rotatable bonds is 5. The number of amides is 1. The zero-order valence-electron chi connectivity index (χ0n) is 15.9. The third-order valence-corrected chi connectivity index (χ3v) is 6.96. The van der Waals surface area contributed by atoms with Gasteiger partial charge in [0.1, 0.15) is 5.82 Å². The molecule has 4 rings (SSSR count). The highest BCUT2D eigenvalue weighted by Gasteiger charge is 2.25. The Bertz CT molecular complexity index is 1140. The van der Waals surface area contributed by atoms with Gasteiger partial charge in [-0.15, -0.1) is 11.3 Å². The standard InChI is InChI=1S/C20H19FN4O3S2/c21-17-6-1-2-7-18(17)23-30(27,28)16-5-3-4-15(14-16)19(26)24-9-11-25(12-10-24)20-22-8-13-29-20/h1-8,13-14,23H,9-12H2. The van der Waals surface area contributed by atoms with Crippen LogP contribution in [0.1, 0.15) is 10.4 Å². The second kappa shape index (κ2) is 8.41. The van der Waals surface area contributed by atoms with Crippen LogP contribution in [0.5, 0.6) is 0 Å². The molecule has 1 N–H and O–H groups in total. The van der Waals surface area contributed by atoms with Crippen LogP contribution in [-0.2, 0) is 10.0 Å². The molecule has 3 aromatic rings. The SMILES string of the molecule is O=C(c1cccc(S(=O)(=O)Nc2ccccc2F)c1)N1CCN(c2nccs2)CC1. The Hall–Kier alpha value is -2.98. The predicted molar refractivity (Wildman–Crippen MR) is 114 cm³/mol. The molecule has 0 atom stereocenters. The van der Waals surface area contributed by atoms with E-state index >= 15 is 0 Å². The smallest absolute Gasteiger partial charge is 0.262 e. The normalized spacial score (nSPS) is 14.6. The molecule has 0 aliphatic carbocycles. The number of thiazole rings is 1. The van der Waals surface area contributed by atoms with Gasteiger partial charge < -0.3 is 9.80 Å². The lowest BCUT2D eigenvalue weighted by molar-refractivity contribution is 0.0746. The van der Waals surface area contributed by atoms with Gasteiger partial charge in [0.05, 0.1) is 10.6 Å². The topological polar surface area (TPSA) is 82.6 Å². The van der Waals surface area contributed by atoms with Crippen LogP contribution in [0.25, 0.3) is 0 Å². The summed E-state index contributed by atoms with van der Waals surface area (Å²) in [6.07, 6.45) is 1.75. The van der Waals surface area contributed by atoms with Crippen LogP contribution < -0.4 is 9.62 Å². The van der Waals surface area contributed by atoms with Gasteiger partial charge in [-0.3, -0.25) is 9.52 Å². The minimum atomic E-state index is -4.04. The Labute approximate surface area is 177 Å². The van der Waals surface area contributed by atoms with Crippen molar-refractivity contribution in [1.29, 1.82) is 0 Å². The highest BCUT2D eigenvalue weighted by Crippen LogP contribution is 2.22. The summed E-state index contributed by atoms with van der Waals surface area (Å²) in [7, 11) is -4.04. The number of para-hydroxylation sites is 1. The summed E-state index contributed by atoms with van der Waals surface area (Å²) in [6, 6.07) is 11.3. The third-order valence-electron chi connectivity index (χ3n) is 4.77. The molecule has 1 amide bonds. The molecule has 1 aliphatic heterocycles. The monoisotopic (exact) mass is 446 g/mol. The van der Waals surface area contributed by atoms with Crippen LogP contribution in [0.3, 0.4) is 0 Å². The molecule has 1 aromatic heterocycles. The maximum atomic E-state index is 13.8. The molecule has 30 heavy (non-hydrogen) atoms. The number of anilines is 2. The lowest BCUT2D eigenvalue weighted by atomic mass is 10.2. The van der Waals surface area contributed by atoms with E-state index in [2.05, 4.69) is 14.6 Å². The summed E-state index contributed by atoms with van der Waals surface area (Å²) >= 11 is 1.55. The van der Waals surface area contributed by atoms with Crippen LogP contribution in [0, 0.1) is 5.82 Å². The molecule has 1 fully saturated rings. The first-order valence-electron chi connectivity index (χ1n) is 9.25. The van der Waals surface area contributed by atoms with Crippen LogP contribution in [0.15, 0.2) is 65.0 Å². The van der Waals surface area contributed by atoms with E-state index in [1.807, 2.05) is 5.38 Å². The fourth-order valence-electron chi connectivity index (χ4n) is 3.20. The quantitative estimate of drug-likeness (QED) is 0.651. The van der Waals surface area contributed by atoms with Gasteiger partial charge in [-0.2, -0.15) is 0 Å². The number of aromatic nitrogens is 1. The van der Waals surface area contributed by atoms with Crippen LogP contribution in [0.2, 0.25) is 0 Å². The number of hydrogen-bond donors (Lipinski definition) is 1. The highest BCUT2D eigenvalue weighted by molar-refractivity contribution is 7.92. The second-order valence-electron chi connectivity index (χ2n) is 6.71. The first kappa shape index (κ1) is 20.3. The molecule has 7 nitrogen and oxygen atoms in total. The predicted octanol–water partition coefficient (Wildman–Crippen LogP) is 3.05. The van der Waals surface area contributed by atoms with Crippen molar-refractivity contribution >= 4 is 38.1 Å². The third kappa shape index (κ3) is 4.29. The van der Waals surface area contributed by atoms with Gasteiger partial charge in [0.2, 0.25) is 0 Å². The van der Waals surface area contributed by atoms with Crippen molar-refractivity contribution in [3.05, 3.63) is 71.5 Å². The lowest BCUT2D eigenvalue weighted by Crippen LogP contribution is -2.48. The van der Waals surface area contributed by atoms with Crippen LogP contribution in [-0.4, -0.2) is 50.4 Å². The summed E-state index contributed by atoms with van der Waals surface area (Å²) in [5, 5.41) is 2.84. The zero-order valence-corrected chi connectivity index (χ0v) is 17.5. The van der Waals surface area contributed by atoms with Gasteiger partial charge in [0.15, 0.2) is 5.13 Å². The molecule has 156 valence electrons. The fourth-order valence-corrected chi connectivity index (χ4v) is 5.01. The minimum Gasteiger partial charge on any atom is -0.345 e. The molecule has 0 unspecified atom stereocenters. The maximum absolute atomic E-state index is 13.8. The largest absolute Gasteiger partial charge is 0.345 e. The number of piperazine rings is 1. The van der Waals surface area contributed by atoms with Crippen molar-refractivity contribution in [2.75, 3.05) is 35.8 Å². The van der Waals surface area contributed by atoms with Gasteiger partial charge in [-0.25, -0.2) is 17.8 Å². The number of benzene rings is 2. The van der Waals surface area contributed by atoms with Gasteiger partial charge in [-0.1, -0.05) is 18.2 Å². The van der Waals surface area contributed by atoms with E-state index in [-0.39, 0.29) is 22.1 Å². The second-order valence-corrected chi connectivity index (χ2v) is 9.26. The van der Waals surface area contributed by atoms with Crippen molar-refractivity contribution in [2.45, 2.75) is 4.90 Å². The molecular formula is C20H19FN4O3S2. The van der Waals surface area contributed by atoms with E-state index in [1.54, 1.807) is 28.5 Å². The van der Waals surface area contributed by atoms with Crippen LogP contribution >= 0.6 is 11.3 Å². The number of sulfonamides is 1. The summed E-state index contributed by atoms with van der Waals surface area (Å²) < 4.78 is 41.4. The van der Waals surface area contributed by atoms with E-state index in [4.69, 9.17) is 0 Å². The molecule has 0 bridgehead atoms. The molecule has 1 aliphatic rings. The first-order chi connectivity index (χ1) is 14.4. The molecule has 0 radical (unpaired) electrons. The summed E-state index contributed by atoms with van der Waals surface area (Å²) in [5.74, 6) is -0.914. The van der Waals surface area contributed by atoms with E-state index in [0.29, 0.717) is 26.2 Å². The molecule has 0 saturated carbocycles. The van der Waals surface area contributed by atoms with Gasteiger partial charge in [0.25, 0.3) is 15.9 Å². The molecule has 10 heteroatoms. The molecule has 1 saturated heterocycles. The Morgan fingerprint density at radius 3 is 2.53 bits per heavy atom. The summed E-state index contributed by atoms with van der Waals surface area (Å²) in [6.45, 7) is 2.35. The molecule has 0 spiro atoms. The lowest BCUT2D eigenvalue weighted by Gasteiger charge is -2.34. The average molecular weight is 447 g/mol. The number of carbonyl (C=O) groups excluding carboxylic acids is 1. The number of halogens is 1. The van der Waals surface area contributed by atoms with Crippen molar-refractivity contribution in [3.8, 4) is 0 Å². The van der Waals surface area contributed by atoms with E-state index in [0.717, 1.165) is 5.13 Å². The number of hydrogen-bond acceptors (Lipinski definition) is 6. The zero-order chi connectivity index (χ0) is 21.1. The van der Waals surface area contributed by atoms with E-state index < -0.39 is 15.8 Å². The molecule has 2 heterocycles. The van der Waals surface area contributed by atoms with Crippen LogP contribution in [0.4, 0.5) is 15.2 Å². The van der Waals surface area contributed by atoms with Crippen molar-refractivity contribution in [3.63, 3.8) is 0 Å². The maximum Gasteiger partial charge on any atom is 0.262 e. The van der Waals surface area contributed by atoms with E-state index in [1.165, 1.54) is 42.5 Å². The Morgan fingerprint density at radius 2 is 1.83 bits per heavy atom. The Kier molecular flexibility index (Phi) is 5.69. The van der Waals surface area contributed by atoms with E-state index in [9.17, 15) is 17.6 Å². The summed E-state index contributed by atoms with van der Waals surface area (Å²) in [4.78, 5) is 20.9. The number of carbonyl (C=O) groups is 1. The van der Waals surface area contributed by atoms with Gasteiger partial charge in [0, 0.05) is 43.3 Å². The first-order valence-corrected chi connectivity index (χ1v) is 11.6. The van der Waals surface area contributed by atoms with Crippen molar-refractivity contribution in [2.24, 2.45) is 0 Å². The molecule has 2 aromatic carbocycles. The van der Waals surface area contributed by atoms with Crippen molar-refractivity contribution < 1.29 is 17.6 Å². The fraction of sp³-hybridized carbons (Fsp3) is 0.200. The average Bonchev–Trinajstić information content (AvgIpc) is 3.30. The van der Waals surface area contributed by atoms with Gasteiger partial charge in [-0.05, 0) is 30.3 Å². The number of nitrogens with zero attached hydrogens (tertiary/aromatic N) is 3. The minimum absolute atomic E-state index is 0.0991. The van der Waals surface area contributed by atoms with Crippen molar-refractivity contribution in [1.82, 2.24) is 9.88 Å². The summed E-state index contributed by atoms with van der Waals surface area (Å²) in [5.41, 5.74) is 0.127. The molecular weight excluding hydrogens is 427 g/mol.